The zero-order chi connectivity index (χ0) is 80.5. The van der Waals surface area contributed by atoms with Crippen molar-refractivity contribution >= 4 is 106 Å². The summed E-state index contributed by atoms with van der Waals surface area (Å²) in [6.07, 6.45) is 1.43. The van der Waals surface area contributed by atoms with Crippen molar-refractivity contribution in [3.8, 4) is 0 Å². The molecule has 3 rings (SSSR count). The van der Waals surface area contributed by atoms with Gasteiger partial charge in [-0.05, 0) is 92.0 Å². The number of carboxylic acid groups (broad SMARTS) is 2. The maximum atomic E-state index is 14.9. The number of aliphatic hydroxyl groups excluding tert-OH is 1. The molecule has 10 amide bonds. The molecule has 0 saturated carbocycles. The highest BCUT2D eigenvalue weighted by molar-refractivity contribution is 8.03. The average molecular weight is 1540 g/mol. The molecule has 1 saturated heterocycles. The van der Waals surface area contributed by atoms with Crippen LogP contribution in [0.3, 0.4) is 0 Å². The number of anilines is 1. The number of Topliss-reactive ketones (excluding diaryl/α,β-unsaturated/α-hetero) is 2. The lowest BCUT2D eigenvalue weighted by molar-refractivity contribution is -0.149. The summed E-state index contributed by atoms with van der Waals surface area (Å²) in [6, 6.07) is 10.7. The Bertz CT molecular complexity index is 3330. The Hall–Kier alpha value is -8.43. The van der Waals surface area contributed by atoms with Crippen molar-refractivity contribution in [1.29, 1.82) is 0 Å². The predicted octanol–water partition coefficient (Wildman–Crippen LogP) is 6.05. The van der Waals surface area contributed by atoms with Gasteiger partial charge >= 0.3 is 24.1 Å². The molecule has 0 aromatic heterocycles. The molecule has 0 spiro atoms. The van der Waals surface area contributed by atoms with Crippen molar-refractivity contribution in [3.05, 3.63) is 87.7 Å². The summed E-state index contributed by atoms with van der Waals surface area (Å²) in [6.45, 7) is 16.8. The Balaban J connectivity index is 1.73. The predicted molar refractivity (Wildman–Crippen MR) is 406 cm³/mol. The Labute approximate surface area is 636 Å². The van der Waals surface area contributed by atoms with Crippen LogP contribution in [0.4, 0.5) is 15.3 Å². The normalized spacial score (nSPS) is 16.3. The summed E-state index contributed by atoms with van der Waals surface area (Å²) in [7, 11) is 6.11. The van der Waals surface area contributed by atoms with Crippen molar-refractivity contribution < 1.29 is 96.6 Å². The number of amides is 10. The van der Waals surface area contributed by atoms with Crippen LogP contribution in [0.15, 0.2) is 76.6 Å². The Morgan fingerprint density at radius 1 is 0.710 bits per heavy atom. The minimum absolute atomic E-state index is 0.0693. The first-order chi connectivity index (χ1) is 50.5. The second kappa shape index (κ2) is 46.7. The minimum atomic E-state index is -1.38. The lowest BCUT2D eigenvalue weighted by Crippen LogP contribution is -2.55. The summed E-state index contributed by atoms with van der Waals surface area (Å²) in [5.74, 6) is -11.6. The van der Waals surface area contributed by atoms with Crippen LogP contribution in [0.25, 0.3) is 0 Å². The number of carbonyl (C=O) groups is 13. The number of likely N-dealkylation sites (tertiary alicyclic amines) is 1. The van der Waals surface area contributed by atoms with E-state index in [-0.39, 0.29) is 103 Å². The smallest absolute Gasteiger partial charge is 0.410 e. The summed E-state index contributed by atoms with van der Waals surface area (Å²) >= 11 is 1.70. The van der Waals surface area contributed by atoms with E-state index >= 15 is 0 Å². The molecule has 1 heterocycles. The number of benzene rings is 2. The lowest BCUT2D eigenvalue weighted by atomic mass is 9.83. The van der Waals surface area contributed by atoms with Gasteiger partial charge in [-0.2, -0.15) is 0 Å². The SMILES string of the molecule is CC[C@H](C)[C@@H]([C@@H](CC(=O)N1CCC[C@H]1[C@H](OC)[C@@H](C)C(=O)N[C@H](C)[C@@H](O)c1ccccc1)OC)N(C)C(=O)[C@@H](CC(=O)[C@H](C(C)C)N(C)C(=O)OCc1ccc(NC(=O)[C@H](CCCNC(N)=O)CC(=O)[C@@H](NC(=O)COC(CNC(=O)/C(=C\C(=O)O)SC)CNC(=O)/C(=C\C(=O)O)SC)C(C)C)cc1)C(C)C. The first-order valence-corrected chi connectivity index (χ1v) is 38.4. The molecule has 0 aliphatic carbocycles. The molecule has 30 nitrogen and oxygen atoms in total. The van der Waals surface area contributed by atoms with Gasteiger partial charge in [0.25, 0.3) is 11.8 Å². The van der Waals surface area contributed by atoms with Gasteiger partial charge in [-0.1, -0.05) is 111 Å². The second-order valence-electron chi connectivity index (χ2n) is 27.8. The molecule has 32 heteroatoms. The lowest BCUT2D eigenvalue weighted by Gasteiger charge is -2.41. The molecule has 0 radical (unpaired) electrons. The minimum Gasteiger partial charge on any atom is -0.478 e. The van der Waals surface area contributed by atoms with E-state index in [4.69, 9.17) is 24.7 Å². The molecule has 2 aromatic rings. The van der Waals surface area contributed by atoms with E-state index in [0.29, 0.717) is 54.8 Å². The highest BCUT2D eigenvalue weighted by atomic mass is 32.2. The van der Waals surface area contributed by atoms with Gasteiger partial charge in [0.2, 0.25) is 29.5 Å². The molecular formula is C75H114N10O20S2. The number of carboxylic acids is 2. The molecule has 596 valence electrons. The fourth-order valence-electron chi connectivity index (χ4n) is 12.9. The largest absolute Gasteiger partial charge is 0.478 e. The van der Waals surface area contributed by atoms with Crippen molar-refractivity contribution in [1.82, 2.24) is 41.3 Å². The van der Waals surface area contributed by atoms with Crippen LogP contribution < -0.4 is 37.6 Å². The highest BCUT2D eigenvalue weighted by Gasteiger charge is 2.44. The standard InChI is InChI=1S/C75H114N10O20S2/c1-17-45(8)66(57(102-13)35-61(89)85-32-22-26-54(85)68(103-14)46(9)69(95)80-47(10)67(94)49-23-19-18-20-24-49)83(11)73(99)53(42(2)3)34-56(87)65(44(6)7)84(12)75(101)105-40-48-27-29-51(30-28-48)81-70(96)50(25-21-31-77-74(76)100)33-55(86)64(43(4)5)82-60(88)41-104-52(38-78-71(97)58(106-15)36-62(90)91)39-79-72(98)59(107-16)37-63(92)93/h18-20,23-24,27-30,36-37,42-47,50,52-54,57,64-68,94H,17,21-22,25-26,31-35,38-41H2,1-16H3,(H,78,97)(H,79,98)(H,80,95)(H,81,96)(H,82,88)(H,90,91)(H,92,93)(H3,76,77,100)/b58-36+,59-37+/t45-,46+,47+,50+,53-,54-,57+,64-,65-,66-,67+,68+/m0/s1. The number of primary amides is 1. The Morgan fingerprint density at radius 3 is 1.80 bits per heavy atom. The van der Waals surface area contributed by atoms with Gasteiger partial charge in [-0.3, -0.25) is 43.2 Å². The monoisotopic (exact) mass is 1540 g/mol. The van der Waals surface area contributed by atoms with E-state index in [1.165, 1.54) is 38.7 Å². The number of aliphatic carboxylic acids is 2. The molecule has 0 bridgehead atoms. The first-order valence-electron chi connectivity index (χ1n) is 35.9. The Morgan fingerprint density at radius 2 is 1.30 bits per heavy atom. The number of rotatable bonds is 47. The first kappa shape index (κ1) is 92.8. The number of nitrogens with two attached hydrogens (primary N) is 1. The van der Waals surface area contributed by atoms with Gasteiger partial charge in [0.15, 0.2) is 11.6 Å². The van der Waals surface area contributed by atoms with Crippen LogP contribution in [0, 0.1) is 41.4 Å². The Kier molecular flexibility index (Phi) is 40.5. The van der Waals surface area contributed by atoms with Crippen LogP contribution in [-0.4, -0.2) is 229 Å². The van der Waals surface area contributed by atoms with Gasteiger partial charge < -0.3 is 86.6 Å². The molecule has 1 aliphatic rings. The van der Waals surface area contributed by atoms with Crippen LogP contribution >= 0.6 is 23.5 Å². The van der Waals surface area contributed by atoms with Crippen molar-refractivity contribution in [2.24, 2.45) is 47.2 Å². The molecule has 0 unspecified atom stereocenters. The number of hydrogen-bond acceptors (Lipinski definition) is 20. The molecular weight excluding hydrogens is 1430 g/mol. The van der Waals surface area contributed by atoms with E-state index in [2.05, 4.69) is 31.9 Å². The topological polar surface area (TPSA) is 427 Å². The zero-order valence-electron chi connectivity index (χ0n) is 64.5. The maximum Gasteiger partial charge on any atom is 0.410 e. The van der Waals surface area contributed by atoms with Crippen LogP contribution in [0.1, 0.15) is 138 Å². The van der Waals surface area contributed by atoms with E-state index in [9.17, 15) is 77.6 Å². The fraction of sp³-hybridized carbons (Fsp3) is 0.613. The average Bonchev–Trinajstić information content (AvgIpc) is 1.73. The number of carbonyl (C=O) groups excluding carboxylic acids is 11. The summed E-state index contributed by atoms with van der Waals surface area (Å²) in [5.41, 5.74) is 6.74. The number of ether oxygens (including phenoxy) is 4. The summed E-state index contributed by atoms with van der Waals surface area (Å²) in [4.78, 5) is 177. The number of nitrogens with one attached hydrogen (secondary N) is 6. The van der Waals surface area contributed by atoms with Gasteiger partial charge in [-0.15, -0.1) is 23.5 Å². The number of nitrogens with zero attached hydrogens (tertiary/aromatic N) is 3. The van der Waals surface area contributed by atoms with Crippen molar-refractivity contribution in [2.45, 2.75) is 182 Å². The van der Waals surface area contributed by atoms with Gasteiger partial charge in [0, 0.05) is 97.0 Å². The number of methoxy groups -OCH3 is 2. The number of likely N-dealkylation sites (N-methyl/N-ethyl adjacent to an activating group) is 2. The molecule has 1 fully saturated rings. The third-order valence-electron chi connectivity index (χ3n) is 19.0. The van der Waals surface area contributed by atoms with E-state index in [1.807, 2.05) is 45.9 Å². The maximum absolute atomic E-state index is 14.9. The fourth-order valence-corrected chi connectivity index (χ4v) is 13.9. The second-order valence-corrected chi connectivity index (χ2v) is 29.5. The van der Waals surface area contributed by atoms with Gasteiger partial charge in [0.1, 0.15) is 13.2 Å². The van der Waals surface area contributed by atoms with Crippen molar-refractivity contribution in [3.63, 3.8) is 0 Å². The third-order valence-corrected chi connectivity index (χ3v) is 20.5. The van der Waals surface area contributed by atoms with E-state index in [1.54, 1.807) is 94.8 Å². The highest BCUT2D eigenvalue weighted by Crippen LogP contribution is 2.32. The molecule has 12 atom stereocenters. The quantitative estimate of drug-likeness (QED) is 0.0266. The van der Waals surface area contributed by atoms with Gasteiger partial charge in [-0.25, -0.2) is 19.2 Å². The number of urea groups is 1. The summed E-state index contributed by atoms with van der Waals surface area (Å²) in [5, 5.41) is 45.2. The van der Waals surface area contributed by atoms with E-state index in [0.717, 1.165) is 23.5 Å². The third kappa shape index (κ3) is 29.9. The number of hydrogen-bond donors (Lipinski definition) is 10. The van der Waals surface area contributed by atoms with Gasteiger partial charge in [0.05, 0.1) is 76.8 Å². The number of thioether (sulfide) groups is 2. The van der Waals surface area contributed by atoms with Crippen LogP contribution in [0.5, 0.6) is 0 Å². The molecule has 11 N–H and O–H groups in total. The van der Waals surface area contributed by atoms with Crippen LogP contribution in [-0.2, 0) is 78.3 Å². The number of aliphatic hydroxyl groups is 1. The van der Waals surface area contributed by atoms with E-state index < -0.39 is 144 Å². The molecule has 1 aliphatic heterocycles. The molecule has 2 aromatic carbocycles. The zero-order valence-corrected chi connectivity index (χ0v) is 66.1. The summed E-state index contributed by atoms with van der Waals surface area (Å²) < 4.78 is 23.6. The van der Waals surface area contributed by atoms with Crippen LogP contribution in [0.2, 0.25) is 0 Å². The number of ketones is 2. The molecule has 107 heavy (non-hydrogen) atoms. The van der Waals surface area contributed by atoms with Crippen molar-refractivity contribution in [2.75, 3.05) is 78.9 Å².